The van der Waals surface area contributed by atoms with E-state index < -0.39 is 0 Å². The number of rotatable bonds is 7. The van der Waals surface area contributed by atoms with Gasteiger partial charge >= 0.3 is 0 Å². The Labute approximate surface area is 210 Å². The maximum Gasteiger partial charge on any atom is 0.161 e. The molecule has 2 aliphatic rings. The molecule has 0 atom stereocenters. The summed E-state index contributed by atoms with van der Waals surface area (Å²) in [5, 5.41) is 1.36. The Morgan fingerprint density at radius 3 is 2.26 bits per heavy atom. The first-order valence-electron chi connectivity index (χ1n) is 13.5. The number of fused-ring (bicyclic) bond motifs is 1. The first kappa shape index (κ1) is 24.2. The summed E-state index contributed by atoms with van der Waals surface area (Å²) < 4.78 is 11.0. The van der Waals surface area contributed by atoms with Crippen LogP contribution in [0.3, 0.4) is 0 Å². The topological polar surface area (TPSA) is 40.7 Å². The Balaban J connectivity index is 1.34. The lowest BCUT2D eigenvalue weighted by Gasteiger charge is -2.41. The number of hydrogen-bond acceptors (Lipinski definition) is 4. The standard InChI is InChI=1S/C30H41N3O2/c1-5-25-26-19-22(21-11-17-33(18-12-21)24-13-15-32(6-2)16-14-24)7-9-27(26)31-30(25)23-8-10-28(34-3)29(20-23)35-4/h7-10,19-21,24,31H,5-6,11-18H2,1-4H3. The number of methoxy groups -OCH3 is 2. The third kappa shape index (κ3) is 4.81. The van der Waals surface area contributed by atoms with Crippen LogP contribution in [0, 0.1) is 0 Å². The largest absolute Gasteiger partial charge is 0.493 e. The van der Waals surface area contributed by atoms with Gasteiger partial charge in [-0.05, 0) is 112 Å². The van der Waals surface area contributed by atoms with E-state index in [1.54, 1.807) is 14.2 Å². The van der Waals surface area contributed by atoms with E-state index >= 15 is 0 Å². The fraction of sp³-hybridized carbons (Fsp3) is 0.533. The Morgan fingerprint density at radius 1 is 0.857 bits per heavy atom. The number of aromatic amines is 1. The predicted octanol–water partition coefficient (Wildman–Crippen LogP) is 6.08. The molecule has 3 heterocycles. The third-order valence-electron chi connectivity index (χ3n) is 8.48. The van der Waals surface area contributed by atoms with Crippen molar-refractivity contribution in [1.29, 1.82) is 0 Å². The normalized spacial score (nSPS) is 18.9. The van der Waals surface area contributed by atoms with Gasteiger partial charge in [0.2, 0.25) is 0 Å². The number of nitrogens with zero attached hydrogens (tertiary/aromatic N) is 2. The van der Waals surface area contributed by atoms with E-state index in [2.05, 4.69) is 59.0 Å². The highest BCUT2D eigenvalue weighted by molar-refractivity contribution is 5.91. The van der Waals surface area contributed by atoms with Crippen LogP contribution in [0.25, 0.3) is 22.2 Å². The van der Waals surface area contributed by atoms with Gasteiger partial charge in [-0.25, -0.2) is 0 Å². The van der Waals surface area contributed by atoms with E-state index in [1.165, 1.54) is 86.1 Å². The molecular weight excluding hydrogens is 434 g/mol. The molecule has 2 fully saturated rings. The zero-order chi connectivity index (χ0) is 24.4. The van der Waals surface area contributed by atoms with Crippen LogP contribution in [0.5, 0.6) is 11.5 Å². The van der Waals surface area contributed by atoms with Crippen molar-refractivity contribution in [3.05, 3.63) is 47.5 Å². The summed E-state index contributed by atoms with van der Waals surface area (Å²) in [4.78, 5) is 9.08. The smallest absolute Gasteiger partial charge is 0.161 e. The van der Waals surface area contributed by atoms with Gasteiger partial charge in [0.1, 0.15) is 0 Å². The molecule has 0 aliphatic carbocycles. The monoisotopic (exact) mass is 475 g/mol. The molecule has 0 radical (unpaired) electrons. The molecule has 188 valence electrons. The van der Waals surface area contributed by atoms with Crippen molar-refractivity contribution in [2.45, 2.75) is 57.9 Å². The number of likely N-dealkylation sites (tertiary alicyclic amines) is 2. The van der Waals surface area contributed by atoms with Gasteiger partial charge in [0.15, 0.2) is 11.5 Å². The van der Waals surface area contributed by atoms with E-state index in [0.29, 0.717) is 5.92 Å². The van der Waals surface area contributed by atoms with Crippen molar-refractivity contribution >= 4 is 10.9 Å². The molecule has 0 bridgehead atoms. The van der Waals surface area contributed by atoms with Crippen molar-refractivity contribution in [3.8, 4) is 22.8 Å². The number of nitrogens with one attached hydrogen (secondary N) is 1. The minimum Gasteiger partial charge on any atom is -0.493 e. The zero-order valence-corrected chi connectivity index (χ0v) is 21.9. The van der Waals surface area contributed by atoms with Crippen LogP contribution in [-0.4, -0.2) is 67.8 Å². The Kier molecular flexibility index (Phi) is 7.35. The molecule has 0 amide bonds. The molecule has 1 aromatic heterocycles. The molecular formula is C30H41N3O2. The van der Waals surface area contributed by atoms with E-state index in [4.69, 9.17) is 9.47 Å². The summed E-state index contributed by atoms with van der Waals surface area (Å²) in [6, 6.07) is 14.1. The molecule has 35 heavy (non-hydrogen) atoms. The Morgan fingerprint density at radius 2 is 1.60 bits per heavy atom. The molecule has 3 aromatic rings. The summed E-state index contributed by atoms with van der Waals surface area (Å²) in [6.45, 7) is 10.8. The number of ether oxygens (including phenoxy) is 2. The van der Waals surface area contributed by atoms with Gasteiger partial charge in [-0.1, -0.05) is 19.9 Å². The van der Waals surface area contributed by atoms with Crippen molar-refractivity contribution < 1.29 is 9.47 Å². The predicted molar refractivity (Wildman–Crippen MR) is 145 cm³/mol. The van der Waals surface area contributed by atoms with Crippen LogP contribution in [0.15, 0.2) is 36.4 Å². The summed E-state index contributed by atoms with van der Waals surface area (Å²) in [6.07, 6.45) is 6.21. The van der Waals surface area contributed by atoms with Crippen molar-refractivity contribution in [2.75, 3.05) is 46.9 Å². The van der Waals surface area contributed by atoms with Gasteiger partial charge in [-0.15, -0.1) is 0 Å². The summed E-state index contributed by atoms with van der Waals surface area (Å²) in [7, 11) is 3.37. The first-order chi connectivity index (χ1) is 17.1. The lowest BCUT2D eigenvalue weighted by Crippen LogP contribution is -2.47. The van der Waals surface area contributed by atoms with Gasteiger partial charge in [0, 0.05) is 28.2 Å². The van der Waals surface area contributed by atoms with E-state index in [-0.39, 0.29) is 0 Å². The van der Waals surface area contributed by atoms with Crippen molar-refractivity contribution in [1.82, 2.24) is 14.8 Å². The molecule has 0 saturated carbocycles. The number of H-pyrrole nitrogens is 1. The quantitative estimate of drug-likeness (QED) is 0.450. The summed E-state index contributed by atoms with van der Waals surface area (Å²) >= 11 is 0. The Hall–Kier alpha value is -2.50. The second-order valence-electron chi connectivity index (χ2n) is 10.2. The third-order valence-corrected chi connectivity index (χ3v) is 8.48. The van der Waals surface area contributed by atoms with Crippen molar-refractivity contribution in [2.24, 2.45) is 0 Å². The number of benzene rings is 2. The molecule has 0 unspecified atom stereocenters. The molecule has 2 aromatic carbocycles. The van der Waals surface area contributed by atoms with Crippen LogP contribution < -0.4 is 9.47 Å². The zero-order valence-electron chi connectivity index (χ0n) is 21.9. The van der Waals surface area contributed by atoms with E-state index in [9.17, 15) is 0 Å². The molecule has 5 nitrogen and oxygen atoms in total. The molecule has 0 spiro atoms. The maximum absolute atomic E-state index is 5.56. The molecule has 5 rings (SSSR count). The molecule has 2 aliphatic heterocycles. The molecule has 5 heteroatoms. The molecule has 2 saturated heterocycles. The first-order valence-corrected chi connectivity index (χ1v) is 13.5. The van der Waals surface area contributed by atoms with Gasteiger partial charge in [0.25, 0.3) is 0 Å². The van der Waals surface area contributed by atoms with Crippen LogP contribution in [-0.2, 0) is 6.42 Å². The van der Waals surface area contributed by atoms with Crippen LogP contribution in [0.2, 0.25) is 0 Å². The summed E-state index contributed by atoms with van der Waals surface area (Å²) in [5.74, 6) is 2.18. The average molecular weight is 476 g/mol. The van der Waals surface area contributed by atoms with Crippen LogP contribution in [0.4, 0.5) is 0 Å². The number of aromatic nitrogens is 1. The minimum atomic E-state index is 0.663. The van der Waals surface area contributed by atoms with E-state index in [0.717, 1.165) is 29.5 Å². The SMILES string of the molecule is CCc1c(-c2ccc(OC)c(OC)c2)[nH]c2ccc(C3CCN(C4CCN(CC)CC4)CC3)cc12. The van der Waals surface area contributed by atoms with Crippen LogP contribution in [0.1, 0.15) is 56.6 Å². The Bertz CT molecular complexity index is 1140. The second kappa shape index (κ2) is 10.6. The lowest BCUT2D eigenvalue weighted by atomic mass is 9.87. The van der Waals surface area contributed by atoms with Gasteiger partial charge in [-0.2, -0.15) is 0 Å². The average Bonchev–Trinajstić information content (AvgIpc) is 3.30. The summed E-state index contributed by atoms with van der Waals surface area (Å²) in [5.41, 5.74) is 6.43. The maximum atomic E-state index is 5.56. The van der Waals surface area contributed by atoms with Gasteiger partial charge in [-0.3, -0.25) is 0 Å². The fourth-order valence-corrected chi connectivity index (χ4v) is 6.32. The highest BCUT2D eigenvalue weighted by Gasteiger charge is 2.28. The highest BCUT2D eigenvalue weighted by atomic mass is 16.5. The van der Waals surface area contributed by atoms with Crippen molar-refractivity contribution in [3.63, 3.8) is 0 Å². The van der Waals surface area contributed by atoms with E-state index in [1.807, 2.05) is 6.07 Å². The van der Waals surface area contributed by atoms with Gasteiger partial charge < -0.3 is 24.3 Å². The second-order valence-corrected chi connectivity index (χ2v) is 10.2. The number of piperidine rings is 2. The van der Waals surface area contributed by atoms with Crippen LogP contribution >= 0.6 is 0 Å². The number of hydrogen-bond donors (Lipinski definition) is 1. The minimum absolute atomic E-state index is 0.663. The lowest BCUT2D eigenvalue weighted by molar-refractivity contribution is 0.0895. The fourth-order valence-electron chi connectivity index (χ4n) is 6.32. The molecule has 1 N–H and O–H groups in total. The van der Waals surface area contributed by atoms with Gasteiger partial charge in [0.05, 0.1) is 14.2 Å². The number of aryl methyl sites for hydroxylation is 1. The highest BCUT2D eigenvalue weighted by Crippen LogP contribution is 2.38.